The first-order valence-electron chi connectivity index (χ1n) is 7.26. The Bertz CT molecular complexity index is 828. The molecule has 4 nitrogen and oxygen atoms in total. The van der Waals surface area contributed by atoms with Gasteiger partial charge in [-0.1, -0.05) is 12.1 Å². The number of halogens is 1. The molecule has 0 atom stereocenters. The van der Waals surface area contributed by atoms with Crippen LogP contribution in [0.3, 0.4) is 0 Å². The van der Waals surface area contributed by atoms with Crippen LogP contribution < -0.4 is 0 Å². The quantitative estimate of drug-likeness (QED) is 0.739. The summed E-state index contributed by atoms with van der Waals surface area (Å²) < 4.78 is 19.2. The van der Waals surface area contributed by atoms with Gasteiger partial charge in [0.2, 0.25) is 0 Å². The van der Waals surface area contributed by atoms with E-state index in [2.05, 4.69) is 9.97 Å². The van der Waals surface area contributed by atoms with E-state index >= 15 is 0 Å². The van der Waals surface area contributed by atoms with Gasteiger partial charge < -0.3 is 9.72 Å². The number of benzene rings is 1. The Hall–Kier alpha value is -2.95. The van der Waals surface area contributed by atoms with Crippen molar-refractivity contribution in [3.05, 3.63) is 66.2 Å². The van der Waals surface area contributed by atoms with Crippen LogP contribution in [-0.2, 0) is 4.74 Å². The van der Waals surface area contributed by atoms with Gasteiger partial charge in [0, 0.05) is 29.2 Å². The molecule has 23 heavy (non-hydrogen) atoms. The van der Waals surface area contributed by atoms with Crippen LogP contribution in [-0.4, -0.2) is 22.5 Å². The Morgan fingerprint density at radius 1 is 1.22 bits per heavy atom. The molecule has 0 aliphatic rings. The number of carbonyl (C=O) groups is 1. The molecule has 0 fully saturated rings. The molecule has 0 aliphatic heterocycles. The normalized spacial score (nSPS) is 10.5. The number of aromatic amines is 1. The van der Waals surface area contributed by atoms with Crippen molar-refractivity contribution < 1.29 is 13.9 Å². The van der Waals surface area contributed by atoms with Crippen LogP contribution in [0.4, 0.5) is 4.39 Å². The minimum absolute atomic E-state index is 0.255. The van der Waals surface area contributed by atoms with Crippen LogP contribution in [0.15, 0.2) is 54.9 Å². The highest BCUT2D eigenvalue weighted by molar-refractivity contribution is 5.98. The second-order valence-corrected chi connectivity index (χ2v) is 4.91. The SMILES string of the molecule is CCOC(=O)c1cc(-c2ccncc2)[nH]c1-c1ccccc1F. The number of aromatic nitrogens is 2. The van der Waals surface area contributed by atoms with Crippen LogP contribution >= 0.6 is 0 Å². The molecule has 116 valence electrons. The van der Waals surface area contributed by atoms with E-state index in [1.807, 2.05) is 12.1 Å². The molecule has 5 heteroatoms. The summed E-state index contributed by atoms with van der Waals surface area (Å²) >= 11 is 0. The summed E-state index contributed by atoms with van der Waals surface area (Å²) in [5.41, 5.74) is 2.61. The van der Waals surface area contributed by atoms with Crippen LogP contribution in [0.25, 0.3) is 22.5 Å². The summed E-state index contributed by atoms with van der Waals surface area (Å²) in [5, 5.41) is 0. The smallest absolute Gasteiger partial charge is 0.340 e. The molecule has 0 radical (unpaired) electrons. The maximum absolute atomic E-state index is 14.1. The van der Waals surface area contributed by atoms with E-state index in [-0.39, 0.29) is 6.61 Å². The van der Waals surface area contributed by atoms with Crippen LogP contribution in [0.1, 0.15) is 17.3 Å². The molecule has 1 N–H and O–H groups in total. The Morgan fingerprint density at radius 3 is 2.65 bits per heavy atom. The minimum atomic E-state index is -0.484. The van der Waals surface area contributed by atoms with Gasteiger partial charge in [-0.25, -0.2) is 9.18 Å². The summed E-state index contributed by atoms with van der Waals surface area (Å²) in [5.74, 6) is -0.886. The van der Waals surface area contributed by atoms with Crippen LogP contribution in [0.2, 0.25) is 0 Å². The lowest BCUT2D eigenvalue weighted by Gasteiger charge is -2.05. The number of carbonyl (C=O) groups excluding carboxylic acids is 1. The molecular weight excluding hydrogens is 295 g/mol. The predicted octanol–water partition coefficient (Wildman–Crippen LogP) is 4.06. The fourth-order valence-corrected chi connectivity index (χ4v) is 2.39. The number of ether oxygens (including phenoxy) is 1. The fourth-order valence-electron chi connectivity index (χ4n) is 2.39. The van der Waals surface area contributed by atoms with Gasteiger partial charge in [-0.2, -0.15) is 0 Å². The van der Waals surface area contributed by atoms with Crippen molar-refractivity contribution in [2.75, 3.05) is 6.61 Å². The zero-order valence-corrected chi connectivity index (χ0v) is 12.5. The van der Waals surface area contributed by atoms with E-state index in [4.69, 9.17) is 4.74 Å². The molecule has 0 saturated heterocycles. The first-order chi connectivity index (χ1) is 11.2. The number of hydrogen-bond acceptors (Lipinski definition) is 3. The Balaban J connectivity index is 2.15. The highest BCUT2D eigenvalue weighted by Gasteiger charge is 2.20. The maximum Gasteiger partial charge on any atom is 0.340 e. The van der Waals surface area contributed by atoms with E-state index in [9.17, 15) is 9.18 Å². The summed E-state index contributed by atoms with van der Waals surface area (Å²) in [6, 6.07) is 11.6. The molecule has 2 aromatic heterocycles. The van der Waals surface area contributed by atoms with Gasteiger partial charge in [-0.15, -0.1) is 0 Å². The van der Waals surface area contributed by atoms with E-state index in [0.717, 1.165) is 5.56 Å². The number of esters is 1. The fraction of sp³-hybridized carbons (Fsp3) is 0.111. The van der Waals surface area contributed by atoms with E-state index in [0.29, 0.717) is 22.5 Å². The summed E-state index contributed by atoms with van der Waals surface area (Å²) in [6.07, 6.45) is 3.31. The number of hydrogen-bond donors (Lipinski definition) is 1. The average molecular weight is 310 g/mol. The van der Waals surface area contributed by atoms with Crippen molar-refractivity contribution in [3.63, 3.8) is 0 Å². The average Bonchev–Trinajstić information content (AvgIpc) is 3.01. The molecule has 2 heterocycles. The van der Waals surface area contributed by atoms with Gasteiger partial charge >= 0.3 is 5.97 Å². The van der Waals surface area contributed by atoms with Gasteiger partial charge in [0.05, 0.1) is 17.9 Å². The number of pyridine rings is 1. The molecule has 1 aromatic carbocycles. The number of nitrogens with one attached hydrogen (secondary N) is 1. The molecule has 3 rings (SSSR count). The third kappa shape index (κ3) is 2.99. The molecule has 0 amide bonds. The second kappa shape index (κ2) is 6.44. The molecule has 0 spiro atoms. The van der Waals surface area contributed by atoms with E-state index < -0.39 is 11.8 Å². The molecule has 0 aliphatic carbocycles. The molecular formula is C18H15FN2O2. The first-order valence-corrected chi connectivity index (χ1v) is 7.26. The summed E-state index contributed by atoms with van der Waals surface area (Å²) in [4.78, 5) is 19.3. The van der Waals surface area contributed by atoms with Gasteiger partial charge in [-0.05, 0) is 37.3 Å². The lowest BCUT2D eigenvalue weighted by Crippen LogP contribution is -2.05. The van der Waals surface area contributed by atoms with Crippen LogP contribution in [0.5, 0.6) is 0 Å². The number of H-pyrrole nitrogens is 1. The third-order valence-electron chi connectivity index (χ3n) is 3.45. The van der Waals surface area contributed by atoms with Crippen molar-refractivity contribution in [1.29, 1.82) is 0 Å². The van der Waals surface area contributed by atoms with Gasteiger partial charge in [0.15, 0.2) is 0 Å². The topological polar surface area (TPSA) is 55.0 Å². The Kier molecular flexibility index (Phi) is 4.19. The summed E-state index contributed by atoms with van der Waals surface area (Å²) in [6.45, 7) is 1.99. The van der Waals surface area contributed by atoms with Crippen molar-refractivity contribution in [2.45, 2.75) is 6.92 Å². The monoisotopic (exact) mass is 310 g/mol. The lowest BCUT2D eigenvalue weighted by atomic mass is 10.1. The standard InChI is InChI=1S/C18H15FN2O2/c1-2-23-18(22)14-11-16(12-7-9-20-10-8-12)21-17(14)13-5-3-4-6-15(13)19/h3-11,21H,2H2,1H3. The third-order valence-corrected chi connectivity index (χ3v) is 3.45. The van der Waals surface area contributed by atoms with Crippen molar-refractivity contribution in [1.82, 2.24) is 9.97 Å². The molecule has 3 aromatic rings. The number of rotatable bonds is 4. The Labute approximate surface area is 133 Å². The van der Waals surface area contributed by atoms with Crippen LogP contribution in [0, 0.1) is 5.82 Å². The highest BCUT2D eigenvalue weighted by atomic mass is 19.1. The first kappa shape index (κ1) is 15.0. The zero-order valence-electron chi connectivity index (χ0n) is 12.5. The molecule has 0 saturated carbocycles. The molecule has 0 bridgehead atoms. The Morgan fingerprint density at radius 2 is 1.96 bits per heavy atom. The maximum atomic E-state index is 14.1. The van der Waals surface area contributed by atoms with Gasteiger partial charge in [0.1, 0.15) is 5.82 Å². The van der Waals surface area contributed by atoms with E-state index in [1.165, 1.54) is 6.07 Å². The zero-order chi connectivity index (χ0) is 16.2. The van der Waals surface area contributed by atoms with Crippen molar-refractivity contribution in [3.8, 4) is 22.5 Å². The van der Waals surface area contributed by atoms with Gasteiger partial charge in [-0.3, -0.25) is 4.98 Å². The van der Waals surface area contributed by atoms with Crippen molar-refractivity contribution >= 4 is 5.97 Å². The van der Waals surface area contributed by atoms with Gasteiger partial charge in [0.25, 0.3) is 0 Å². The lowest BCUT2D eigenvalue weighted by molar-refractivity contribution is 0.0527. The predicted molar refractivity (Wildman–Crippen MR) is 85.4 cm³/mol. The van der Waals surface area contributed by atoms with Crippen molar-refractivity contribution in [2.24, 2.45) is 0 Å². The number of nitrogens with zero attached hydrogens (tertiary/aromatic N) is 1. The summed E-state index contributed by atoms with van der Waals surface area (Å²) in [7, 11) is 0. The largest absolute Gasteiger partial charge is 0.462 e. The molecule has 0 unspecified atom stereocenters. The van der Waals surface area contributed by atoms with E-state index in [1.54, 1.807) is 43.6 Å². The highest BCUT2D eigenvalue weighted by Crippen LogP contribution is 2.30. The second-order valence-electron chi connectivity index (χ2n) is 4.91. The minimum Gasteiger partial charge on any atom is -0.462 e.